The van der Waals surface area contributed by atoms with Gasteiger partial charge in [0.2, 0.25) is 5.95 Å². The summed E-state index contributed by atoms with van der Waals surface area (Å²) in [5.41, 5.74) is 1.50. The van der Waals surface area contributed by atoms with Crippen LogP contribution in [0.15, 0.2) is 35.1 Å². The monoisotopic (exact) mass is 342 g/mol. The minimum Gasteiger partial charge on any atom is -0.342 e. The Labute approximate surface area is 146 Å². The van der Waals surface area contributed by atoms with Gasteiger partial charge in [-0.2, -0.15) is 0 Å². The number of anilines is 1. The Bertz CT molecular complexity index is 800. The topological polar surface area (TPSA) is 52.2 Å². The largest absolute Gasteiger partial charge is 0.342 e. The molecule has 1 N–H and O–H groups in total. The lowest BCUT2D eigenvalue weighted by molar-refractivity contribution is 0.320. The zero-order chi connectivity index (χ0) is 17.2. The van der Waals surface area contributed by atoms with Crippen LogP contribution in [0.4, 0.5) is 10.3 Å². The number of nitrogens with zero attached hydrogens (tertiary/aromatic N) is 3. The SMILES string of the molecule is O=c1cc([C@@H]2CCN(Cc3ccccc3F)C2)nc(N2CCCC2)[nH]1. The van der Waals surface area contributed by atoms with Crippen LogP contribution in [-0.4, -0.2) is 41.0 Å². The molecule has 1 aromatic carbocycles. The lowest BCUT2D eigenvalue weighted by Gasteiger charge is -2.19. The molecular weight excluding hydrogens is 319 g/mol. The van der Waals surface area contributed by atoms with Crippen molar-refractivity contribution in [1.82, 2.24) is 14.9 Å². The van der Waals surface area contributed by atoms with Crippen molar-refractivity contribution in [2.24, 2.45) is 0 Å². The van der Waals surface area contributed by atoms with Gasteiger partial charge in [0.25, 0.3) is 5.56 Å². The maximum absolute atomic E-state index is 13.9. The highest BCUT2D eigenvalue weighted by atomic mass is 19.1. The molecule has 5 nitrogen and oxygen atoms in total. The Kier molecular flexibility index (Phi) is 4.53. The van der Waals surface area contributed by atoms with Gasteiger partial charge in [-0.15, -0.1) is 0 Å². The zero-order valence-electron chi connectivity index (χ0n) is 14.2. The van der Waals surface area contributed by atoms with Gasteiger partial charge in [0.1, 0.15) is 5.82 Å². The third kappa shape index (κ3) is 3.58. The first-order valence-electron chi connectivity index (χ1n) is 9.01. The van der Waals surface area contributed by atoms with E-state index in [4.69, 9.17) is 4.98 Å². The molecule has 2 aliphatic rings. The fourth-order valence-corrected chi connectivity index (χ4v) is 3.84. The molecule has 2 aromatic rings. The van der Waals surface area contributed by atoms with Crippen LogP contribution < -0.4 is 10.5 Å². The molecule has 4 rings (SSSR count). The van der Waals surface area contributed by atoms with E-state index in [2.05, 4.69) is 14.8 Å². The van der Waals surface area contributed by atoms with Crippen LogP contribution in [-0.2, 0) is 6.54 Å². The van der Waals surface area contributed by atoms with E-state index in [-0.39, 0.29) is 17.3 Å². The normalized spacial score (nSPS) is 21.2. The first kappa shape index (κ1) is 16.3. The van der Waals surface area contributed by atoms with E-state index in [1.807, 2.05) is 12.1 Å². The second-order valence-corrected chi connectivity index (χ2v) is 7.00. The Morgan fingerprint density at radius 3 is 2.80 bits per heavy atom. The van der Waals surface area contributed by atoms with E-state index in [0.717, 1.165) is 56.7 Å². The number of halogens is 1. The average Bonchev–Trinajstić information content (AvgIpc) is 3.28. The fourth-order valence-electron chi connectivity index (χ4n) is 3.84. The molecule has 0 radical (unpaired) electrons. The van der Waals surface area contributed by atoms with Crippen molar-refractivity contribution >= 4 is 5.95 Å². The molecule has 0 aliphatic carbocycles. The third-order valence-corrected chi connectivity index (χ3v) is 5.20. The van der Waals surface area contributed by atoms with E-state index in [0.29, 0.717) is 12.5 Å². The molecule has 2 fully saturated rings. The summed E-state index contributed by atoms with van der Waals surface area (Å²) in [5.74, 6) is 0.777. The second kappa shape index (κ2) is 6.96. The third-order valence-electron chi connectivity index (χ3n) is 5.20. The van der Waals surface area contributed by atoms with Gasteiger partial charge in [-0.25, -0.2) is 9.37 Å². The lowest BCUT2D eigenvalue weighted by atomic mass is 10.0. The van der Waals surface area contributed by atoms with Crippen molar-refractivity contribution in [1.29, 1.82) is 0 Å². The van der Waals surface area contributed by atoms with Crippen molar-refractivity contribution in [3.05, 3.63) is 57.8 Å². The van der Waals surface area contributed by atoms with Crippen molar-refractivity contribution in [3.8, 4) is 0 Å². The van der Waals surface area contributed by atoms with Gasteiger partial charge in [0, 0.05) is 43.7 Å². The molecule has 0 bridgehead atoms. The van der Waals surface area contributed by atoms with Gasteiger partial charge in [0.15, 0.2) is 0 Å². The maximum atomic E-state index is 13.9. The molecule has 0 unspecified atom stereocenters. The smallest absolute Gasteiger partial charge is 0.252 e. The molecule has 0 amide bonds. The van der Waals surface area contributed by atoms with Crippen molar-refractivity contribution in [3.63, 3.8) is 0 Å². The zero-order valence-corrected chi connectivity index (χ0v) is 14.2. The molecule has 2 saturated heterocycles. The van der Waals surface area contributed by atoms with Crippen molar-refractivity contribution in [2.75, 3.05) is 31.1 Å². The fraction of sp³-hybridized carbons (Fsp3) is 0.474. The van der Waals surface area contributed by atoms with Crippen LogP contribution in [0.3, 0.4) is 0 Å². The number of nitrogens with one attached hydrogen (secondary N) is 1. The average molecular weight is 342 g/mol. The summed E-state index contributed by atoms with van der Waals surface area (Å²) in [4.78, 5) is 24.0. The van der Waals surface area contributed by atoms with E-state index in [9.17, 15) is 9.18 Å². The number of H-pyrrole nitrogens is 1. The molecule has 25 heavy (non-hydrogen) atoms. The van der Waals surface area contributed by atoms with Crippen LogP contribution >= 0.6 is 0 Å². The van der Waals surface area contributed by atoms with Gasteiger partial charge in [-0.05, 0) is 31.9 Å². The molecule has 0 saturated carbocycles. The van der Waals surface area contributed by atoms with E-state index in [1.54, 1.807) is 12.1 Å². The van der Waals surface area contributed by atoms with Crippen molar-refractivity contribution < 1.29 is 4.39 Å². The molecule has 0 spiro atoms. The summed E-state index contributed by atoms with van der Waals surface area (Å²) < 4.78 is 13.9. The lowest BCUT2D eigenvalue weighted by Crippen LogP contribution is -2.25. The highest BCUT2D eigenvalue weighted by Crippen LogP contribution is 2.28. The van der Waals surface area contributed by atoms with Crippen molar-refractivity contribution in [2.45, 2.75) is 31.7 Å². The van der Waals surface area contributed by atoms with Gasteiger partial charge in [-0.1, -0.05) is 18.2 Å². The number of rotatable bonds is 4. The first-order chi connectivity index (χ1) is 12.2. The van der Waals surface area contributed by atoms with Gasteiger partial charge in [-0.3, -0.25) is 14.7 Å². The van der Waals surface area contributed by atoms with Crippen LogP contribution in [0, 0.1) is 5.82 Å². The summed E-state index contributed by atoms with van der Waals surface area (Å²) in [5, 5.41) is 0. The quantitative estimate of drug-likeness (QED) is 0.928. The van der Waals surface area contributed by atoms with E-state index >= 15 is 0 Å². The summed E-state index contributed by atoms with van der Waals surface area (Å²) in [6.45, 7) is 4.22. The minimum absolute atomic E-state index is 0.0838. The standard InChI is InChI=1S/C19H23FN4O/c20-16-6-2-1-5-14(16)12-23-10-7-15(13-23)17-11-18(25)22-19(21-17)24-8-3-4-9-24/h1-2,5-6,11,15H,3-4,7-10,12-13H2,(H,21,22,25)/t15-/m1/s1. The Morgan fingerprint density at radius 1 is 1.20 bits per heavy atom. The summed E-state index contributed by atoms with van der Waals surface area (Å²) >= 11 is 0. The summed E-state index contributed by atoms with van der Waals surface area (Å²) in [6.07, 6.45) is 3.24. The number of benzene rings is 1. The molecule has 1 atom stereocenters. The van der Waals surface area contributed by atoms with Crippen LogP contribution in [0.25, 0.3) is 0 Å². The Morgan fingerprint density at radius 2 is 2.00 bits per heavy atom. The van der Waals surface area contributed by atoms with Crippen LogP contribution in [0.2, 0.25) is 0 Å². The highest BCUT2D eigenvalue weighted by molar-refractivity contribution is 5.32. The molecule has 3 heterocycles. The number of hydrogen-bond donors (Lipinski definition) is 1. The van der Waals surface area contributed by atoms with Gasteiger partial charge < -0.3 is 4.90 Å². The summed E-state index contributed by atoms with van der Waals surface area (Å²) in [7, 11) is 0. The number of hydrogen-bond acceptors (Lipinski definition) is 4. The van der Waals surface area contributed by atoms with Crippen LogP contribution in [0.1, 0.15) is 36.4 Å². The minimum atomic E-state index is -0.156. The maximum Gasteiger partial charge on any atom is 0.252 e. The van der Waals surface area contributed by atoms with Gasteiger partial charge in [0.05, 0.1) is 5.69 Å². The predicted molar refractivity (Wildman–Crippen MR) is 95.3 cm³/mol. The molecule has 6 heteroatoms. The predicted octanol–water partition coefficient (Wildman–Crippen LogP) is 2.50. The van der Waals surface area contributed by atoms with E-state index in [1.165, 1.54) is 6.07 Å². The number of aromatic nitrogens is 2. The van der Waals surface area contributed by atoms with Crippen LogP contribution in [0.5, 0.6) is 0 Å². The Balaban J connectivity index is 1.48. The Hall–Kier alpha value is -2.21. The molecule has 2 aliphatic heterocycles. The second-order valence-electron chi connectivity index (χ2n) is 7.00. The highest BCUT2D eigenvalue weighted by Gasteiger charge is 2.27. The molecular formula is C19H23FN4O. The number of likely N-dealkylation sites (tertiary alicyclic amines) is 1. The van der Waals surface area contributed by atoms with Gasteiger partial charge >= 0.3 is 0 Å². The first-order valence-corrected chi connectivity index (χ1v) is 9.01. The molecule has 132 valence electrons. The summed E-state index contributed by atoms with van der Waals surface area (Å²) in [6, 6.07) is 8.54. The molecule has 1 aromatic heterocycles. The number of aromatic amines is 1. The van der Waals surface area contributed by atoms with E-state index < -0.39 is 0 Å².